The highest BCUT2D eigenvalue weighted by atomic mass is 16.5. The van der Waals surface area contributed by atoms with E-state index in [4.69, 9.17) is 9.47 Å². The minimum absolute atomic E-state index is 0.339. The smallest absolute Gasteiger partial charge is 0.121 e. The molecule has 0 amide bonds. The summed E-state index contributed by atoms with van der Waals surface area (Å²) in [7, 11) is 1.65. The Kier molecular flexibility index (Phi) is 5.58. The molecule has 2 N–H and O–H groups in total. The lowest BCUT2D eigenvalue weighted by molar-refractivity contribution is 0.175. The predicted octanol–water partition coefficient (Wildman–Crippen LogP) is 5.52. The molecular weight excluding hydrogens is 400 g/mol. The molecule has 0 aliphatic carbocycles. The molecule has 0 bridgehead atoms. The highest BCUT2D eigenvalue weighted by Gasteiger charge is 2.21. The third kappa shape index (κ3) is 3.84. The molecule has 0 saturated carbocycles. The van der Waals surface area contributed by atoms with Crippen LogP contribution in [0.4, 0.5) is 0 Å². The number of fused-ring (bicyclic) bond motifs is 3. The lowest BCUT2D eigenvalue weighted by Crippen LogP contribution is -2.08. The molecule has 0 radical (unpaired) electrons. The van der Waals surface area contributed by atoms with Crippen LogP contribution in [0.15, 0.2) is 85.1 Å². The minimum atomic E-state index is -0.840. The summed E-state index contributed by atoms with van der Waals surface area (Å²) in [5.41, 5.74) is 5.26. The van der Waals surface area contributed by atoms with Crippen molar-refractivity contribution in [2.24, 2.45) is 0 Å². The molecule has 0 aliphatic rings. The van der Waals surface area contributed by atoms with Gasteiger partial charge in [-0.2, -0.15) is 0 Å². The van der Waals surface area contributed by atoms with Crippen molar-refractivity contribution in [3.05, 3.63) is 107 Å². The van der Waals surface area contributed by atoms with Crippen LogP contribution in [0.1, 0.15) is 28.5 Å². The van der Waals surface area contributed by atoms with Crippen molar-refractivity contribution in [2.45, 2.75) is 19.3 Å². The Hall–Kier alpha value is -3.67. The summed E-state index contributed by atoms with van der Waals surface area (Å²) >= 11 is 0. The molecule has 2 heterocycles. The van der Waals surface area contributed by atoms with Crippen molar-refractivity contribution >= 4 is 21.8 Å². The molecule has 32 heavy (non-hydrogen) atoms. The number of aliphatic hydroxyl groups is 1. The molecular formula is C27H24N2O3. The molecule has 0 saturated heterocycles. The second-order valence-corrected chi connectivity index (χ2v) is 7.76. The van der Waals surface area contributed by atoms with Crippen LogP contribution in [0, 0.1) is 0 Å². The lowest BCUT2D eigenvalue weighted by atomic mass is 9.98. The topological polar surface area (TPSA) is 67.4 Å². The van der Waals surface area contributed by atoms with E-state index in [1.807, 2.05) is 78.9 Å². The number of pyridine rings is 1. The van der Waals surface area contributed by atoms with Crippen LogP contribution in [0.25, 0.3) is 21.8 Å². The van der Waals surface area contributed by atoms with Crippen molar-refractivity contribution in [1.29, 1.82) is 0 Å². The first-order chi connectivity index (χ1) is 15.7. The van der Waals surface area contributed by atoms with E-state index in [2.05, 4.69) is 9.97 Å². The fourth-order valence-electron chi connectivity index (χ4n) is 4.10. The fraction of sp³-hybridized carbons (Fsp3) is 0.148. The number of rotatable bonds is 7. The number of aliphatic hydroxyl groups excluding tert-OH is 1. The van der Waals surface area contributed by atoms with E-state index in [0.717, 1.165) is 44.2 Å². The summed E-state index contributed by atoms with van der Waals surface area (Å²) in [6.07, 6.45) is 0.939. The van der Waals surface area contributed by atoms with Gasteiger partial charge in [0.25, 0.3) is 0 Å². The zero-order valence-electron chi connectivity index (χ0n) is 17.8. The molecule has 2 aromatic heterocycles. The van der Waals surface area contributed by atoms with Gasteiger partial charge in [0.05, 0.1) is 24.0 Å². The highest BCUT2D eigenvalue weighted by molar-refractivity contribution is 6.09. The highest BCUT2D eigenvalue weighted by Crippen LogP contribution is 2.35. The summed E-state index contributed by atoms with van der Waals surface area (Å²) in [5.74, 6) is 0.785. The molecule has 1 unspecified atom stereocenters. The van der Waals surface area contributed by atoms with E-state index in [1.165, 1.54) is 0 Å². The Morgan fingerprint density at radius 2 is 1.66 bits per heavy atom. The van der Waals surface area contributed by atoms with E-state index in [0.29, 0.717) is 18.9 Å². The van der Waals surface area contributed by atoms with Crippen LogP contribution in [-0.2, 0) is 18.0 Å². The van der Waals surface area contributed by atoms with Gasteiger partial charge in [0.15, 0.2) is 0 Å². The number of nitrogens with zero attached hydrogens (tertiary/aromatic N) is 1. The molecule has 5 heteroatoms. The van der Waals surface area contributed by atoms with Crippen molar-refractivity contribution in [2.75, 3.05) is 7.11 Å². The molecule has 5 nitrogen and oxygen atoms in total. The molecule has 5 aromatic rings. The van der Waals surface area contributed by atoms with Gasteiger partial charge in [-0.15, -0.1) is 0 Å². The predicted molar refractivity (Wildman–Crippen MR) is 126 cm³/mol. The summed E-state index contributed by atoms with van der Waals surface area (Å²) in [5, 5.41) is 13.1. The van der Waals surface area contributed by atoms with Crippen molar-refractivity contribution in [1.82, 2.24) is 9.97 Å². The Morgan fingerprint density at radius 3 is 2.41 bits per heavy atom. The van der Waals surface area contributed by atoms with E-state index < -0.39 is 6.10 Å². The summed E-state index contributed by atoms with van der Waals surface area (Å²) in [6, 6.07) is 25.7. The standard InChI is InChI=1S/C27H24N2O3/c1-31-17-22-25-21-14-20(32-16-18-8-4-2-5-9-18)12-13-23(21)29-24(25)15-28-26(22)27(30)19-10-6-3-7-11-19/h2-15,27,29-30H,16-17H2,1H3. The van der Waals surface area contributed by atoms with Gasteiger partial charge in [0.2, 0.25) is 0 Å². The first-order valence-corrected chi connectivity index (χ1v) is 10.6. The van der Waals surface area contributed by atoms with Crippen LogP contribution < -0.4 is 4.74 Å². The van der Waals surface area contributed by atoms with Gasteiger partial charge in [0.1, 0.15) is 18.5 Å². The number of ether oxygens (including phenoxy) is 2. The summed E-state index contributed by atoms with van der Waals surface area (Å²) < 4.78 is 11.6. The fourth-order valence-corrected chi connectivity index (χ4v) is 4.10. The number of hydrogen-bond acceptors (Lipinski definition) is 4. The van der Waals surface area contributed by atoms with Crippen LogP contribution >= 0.6 is 0 Å². The average Bonchev–Trinajstić information content (AvgIpc) is 3.22. The summed E-state index contributed by atoms with van der Waals surface area (Å²) in [4.78, 5) is 8.03. The Morgan fingerprint density at radius 1 is 0.906 bits per heavy atom. The van der Waals surface area contributed by atoms with Gasteiger partial charge in [-0.05, 0) is 29.3 Å². The largest absolute Gasteiger partial charge is 0.489 e. The van der Waals surface area contributed by atoms with E-state index in [-0.39, 0.29) is 0 Å². The normalized spacial score (nSPS) is 12.3. The second-order valence-electron chi connectivity index (χ2n) is 7.76. The summed E-state index contributed by atoms with van der Waals surface area (Å²) in [6.45, 7) is 0.838. The molecule has 0 fully saturated rings. The van der Waals surface area contributed by atoms with Gasteiger partial charge in [-0.25, -0.2) is 0 Å². The first-order valence-electron chi connectivity index (χ1n) is 10.6. The maximum atomic E-state index is 11.1. The van der Waals surface area contributed by atoms with Crippen molar-refractivity contribution in [3.63, 3.8) is 0 Å². The third-order valence-electron chi connectivity index (χ3n) is 5.65. The number of hydrogen-bond donors (Lipinski definition) is 2. The maximum Gasteiger partial charge on any atom is 0.121 e. The molecule has 3 aromatic carbocycles. The number of benzene rings is 3. The Balaban J connectivity index is 1.59. The zero-order valence-corrected chi connectivity index (χ0v) is 17.8. The molecule has 0 aliphatic heterocycles. The number of aromatic nitrogens is 2. The third-order valence-corrected chi connectivity index (χ3v) is 5.65. The van der Waals surface area contributed by atoms with E-state index >= 15 is 0 Å². The van der Waals surface area contributed by atoms with Gasteiger partial charge in [-0.3, -0.25) is 4.98 Å². The van der Waals surface area contributed by atoms with Crippen molar-refractivity contribution in [3.8, 4) is 5.75 Å². The van der Waals surface area contributed by atoms with Crippen molar-refractivity contribution < 1.29 is 14.6 Å². The molecule has 1 atom stereocenters. The van der Waals surface area contributed by atoms with Gasteiger partial charge >= 0.3 is 0 Å². The number of H-pyrrole nitrogens is 1. The average molecular weight is 425 g/mol. The van der Waals surface area contributed by atoms with Crippen LogP contribution in [0.3, 0.4) is 0 Å². The zero-order chi connectivity index (χ0) is 21.9. The van der Waals surface area contributed by atoms with Gasteiger partial charge in [-0.1, -0.05) is 60.7 Å². The Bertz CT molecular complexity index is 1350. The lowest BCUT2D eigenvalue weighted by Gasteiger charge is -2.16. The Labute approximate surface area is 186 Å². The minimum Gasteiger partial charge on any atom is -0.489 e. The SMILES string of the molecule is COCc1c(C(O)c2ccccc2)ncc2[nH]c3ccc(OCc4ccccc4)cc3c12. The molecule has 0 spiro atoms. The molecule has 160 valence electrons. The first kappa shape index (κ1) is 20.2. The van der Waals surface area contributed by atoms with Crippen LogP contribution in [-0.4, -0.2) is 22.2 Å². The van der Waals surface area contributed by atoms with Gasteiger partial charge in [0, 0.05) is 29.0 Å². The second kappa shape index (κ2) is 8.83. The molecule has 5 rings (SSSR count). The number of nitrogens with one attached hydrogen (secondary N) is 1. The van der Waals surface area contributed by atoms with Crippen LogP contribution in [0.2, 0.25) is 0 Å². The van der Waals surface area contributed by atoms with Gasteiger partial charge < -0.3 is 19.6 Å². The van der Waals surface area contributed by atoms with Crippen LogP contribution in [0.5, 0.6) is 5.75 Å². The number of aromatic amines is 1. The number of methoxy groups -OCH3 is 1. The van der Waals surface area contributed by atoms with E-state index in [9.17, 15) is 5.11 Å². The van der Waals surface area contributed by atoms with E-state index in [1.54, 1.807) is 13.3 Å². The monoisotopic (exact) mass is 424 g/mol. The maximum absolute atomic E-state index is 11.1. The quantitative estimate of drug-likeness (QED) is 0.361.